The van der Waals surface area contributed by atoms with Crippen LogP contribution in [-0.4, -0.2) is 33.4 Å². The van der Waals surface area contributed by atoms with Gasteiger partial charge in [-0.3, -0.25) is 4.79 Å². The number of imidazole rings is 1. The van der Waals surface area contributed by atoms with E-state index in [9.17, 15) is 9.59 Å². The van der Waals surface area contributed by atoms with Crippen molar-refractivity contribution < 1.29 is 14.3 Å². The predicted octanol–water partition coefficient (Wildman–Crippen LogP) is 2.58. The summed E-state index contributed by atoms with van der Waals surface area (Å²) >= 11 is 1.18. The molecule has 0 aliphatic rings. The van der Waals surface area contributed by atoms with E-state index in [-0.39, 0.29) is 17.5 Å². The maximum Gasteiger partial charge on any atom is 0.358 e. The van der Waals surface area contributed by atoms with Crippen molar-refractivity contribution in [2.45, 2.75) is 26.8 Å². The highest BCUT2D eigenvalue weighted by molar-refractivity contribution is 7.17. The third-order valence-corrected chi connectivity index (χ3v) is 3.95. The standard InChI is InChI=1S/C13H15N3O3S/c1-7(2)16-6-14-5-9(16)12-15-10(13(18)19-4)11(20-12)8(3)17/h5-7H,1-4H3. The molecule has 2 rings (SSSR count). The first kappa shape index (κ1) is 14.4. The molecule has 6 nitrogen and oxygen atoms in total. The van der Waals surface area contributed by atoms with E-state index < -0.39 is 5.97 Å². The molecule has 2 aromatic heterocycles. The second-order valence-corrected chi connectivity index (χ2v) is 5.52. The Morgan fingerprint density at radius 1 is 1.40 bits per heavy atom. The first-order valence-corrected chi connectivity index (χ1v) is 6.89. The van der Waals surface area contributed by atoms with Crippen LogP contribution in [0.2, 0.25) is 0 Å². The van der Waals surface area contributed by atoms with Gasteiger partial charge >= 0.3 is 5.97 Å². The maximum atomic E-state index is 11.7. The maximum absolute atomic E-state index is 11.7. The number of ether oxygens (including phenoxy) is 1. The van der Waals surface area contributed by atoms with Gasteiger partial charge in [-0.2, -0.15) is 0 Å². The molecule has 2 aromatic rings. The van der Waals surface area contributed by atoms with Gasteiger partial charge in [0.25, 0.3) is 0 Å². The Balaban J connectivity index is 2.56. The fraction of sp³-hybridized carbons (Fsp3) is 0.385. The Labute approximate surface area is 120 Å². The van der Waals surface area contributed by atoms with E-state index in [0.717, 1.165) is 5.69 Å². The van der Waals surface area contributed by atoms with Gasteiger partial charge in [0.1, 0.15) is 9.88 Å². The van der Waals surface area contributed by atoms with Gasteiger partial charge in [-0.05, 0) is 13.8 Å². The minimum absolute atomic E-state index is 0.0662. The van der Waals surface area contributed by atoms with Crippen LogP contribution in [0.25, 0.3) is 10.7 Å². The summed E-state index contributed by atoms with van der Waals surface area (Å²) in [5.74, 6) is -0.807. The van der Waals surface area contributed by atoms with Gasteiger partial charge < -0.3 is 9.30 Å². The molecule has 0 N–H and O–H groups in total. The van der Waals surface area contributed by atoms with Crippen LogP contribution in [0.5, 0.6) is 0 Å². The molecule has 0 aromatic carbocycles. The molecule has 20 heavy (non-hydrogen) atoms. The van der Waals surface area contributed by atoms with Crippen molar-refractivity contribution in [2.24, 2.45) is 0 Å². The summed E-state index contributed by atoms with van der Waals surface area (Å²) in [5, 5.41) is 0.585. The molecule has 0 bridgehead atoms. The molecule has 0 radical (unpaired) electrons. The van der Waals surface area contributed by atoms with E-state index in [1.54, 1.807) is 12.5 Å². The lowest BCUT2D eigenvalue weighted by Gasteiger charge is -2.09. The Morgan fingerprint density at radius 2 is 2.10 bits per heavy atom. The van der Waals surface area contributed by atoms with Crippen LogP contribution in [0.15, 0.2) is 12.5 Å². The van der Waals surface area contributed by atoms with Crippen LogP contribution < -0.4 is 0 Å². The minimum atomic E-state index is -0.603. The van der Waals surface area contributed by atoms with Gasteiger partial charge in [0.2, 0.25) is 0 Å². The number of rotatable bonds is 4. The molecule has 0 amide bonds. The molecule has 0 aliphatic heterocycles. The molecule has 7 heteroatoms. The van der Waals surface area contributed by atoms with Gasteiger partial charge in [-0.25, -0.2) is 14.8 Å². The molecule has 0 saturated heterocycles. The Hall–Kier alpha value is -2.02. The number of carbonyl (C=O) groups excluding carboxylic acids is 2. The fourth-order valence-electron chi connectivity index (χ4n) is 1.79. The van der Waals surface area contributed by atoms with Gasteiger partial charge in [-0.15, -0.1) is 11.3 Å². The summed E-state index contributed by atoms with van der Waals surface area (Å²) in [7, 11) is 1.27. The van der Waals surface area contributed by atoms with Crippen LogP contribution >= 0.6 is 11.3 Å². The second kappa shape index (κ2) is 5.54. The topological polar surface area (TPSA) is 74.1 Å². The normalized spacial score (nSPS) is 10.8. The summed E-state index contributed by atoms with van der Waals surface area (Å²) in [6.45, 7) is 5.45. The van der Waals surface area contributed by atoms with Gasteiger partial charge in [-0.1, -0.05) is 0 Å². The summed E-state index contributed by atoms with van der Waals surface area (Å²) in [6, 6.07) is 0.207. The van der Waals surface area contributed by atoms with Crippen LogP contribution in [-0.2, 0) is 4.74 Å². The SMILES string of the molecule is COC(=O)c1nc(-c2cncn2C(C)C)sc1C(C)=O. The molecule has 0 unspecified atom stereocenters. The van der Waals surface area contributed by atoms with Crippen LogP contribution in [0.4, 0.5) is 0 Å². The lowest BCUT2D eigenvalue weighted by atomic mass is 10.3. The molecule has 0 aliphatic carbocycles. The lowest BCUT2D eigenvalue weighted by molar-refractivity contribution is 0.0591. The van der Waals surface area contributed by atoms with Gasteiger partial charge in [0.15, 0.2) is 11.5 Å². The Bertz CT molecular complexity index is 658. The molecule has 0 saturated carbocycles. The highest BCUT2D eigenvalue weighted by Crippen LogP contribution is 2.30. The largest absolute Gasteiger partial charge is 0.464 e. The van der Waals surface area contributed by atoms with Crippen molar-refractivity contribution in [3.63, 3.8) is 0 Å². The molecular formula is C13H15N3O3S. The lowest BCUT2D eigenvalue weighted by Crippen LogP contribution is -2.07. The number of Topliss-reactive ketones (excluding diaryl/α,β-unsaturated/α-hetero) is 1. The first-order valence-electron chi connectivity index (χ1n) is 6.08. The number of methoxy groups -OCH3 is 1. The van der Waals surface area contributed by atoms with Crippen molar-refractivity contribution in [3.8, 4) is 10.7 Å². The number of aromatic nitrogens is 3. The summed E-state index contributed by atoms with van der Waals surface area (Å²) in [5.41, 5.74) is 0.846. The van der Waals surface area contributed by atoms with Crippen LogP contribution in [0.1, 0.15) is 47.0 Å². The van der Waals surface area contributed by atoms with E-state index in [4.69, 9.17) is 0 Å². The summed E-state index contributed by atoms with van der Waals surface area (Å²) in [6.07, 6.45) is 3.37. The number of carbonyl (C=O) groups is 2. The highest BCUT2D eigenvalue weighted by Gasteiger charge is 2.23. The quantitative estimate of drug-likeness (QED) is 0.640. The van der Waals surface area contributed by atoms with Crippen molar-refractivity contribution in [1.82, 2.24) is 14.5 Å². The Morgan fingerprint density at radius 3 is 2.65 bits per heavy atom. The first-order chi connectivity index (χ1) is 9.45. The number of hydrogen-bond acceptors (Lipinski definition) is 6. The van der Waals surface area contributed by atoms with Crippen LogP contribution in [0, 0.1) is 0 Å². The zero-order valence-electron chi connectivity index (χ0n) is 11.7. The van der Waals surface area contributed by atoms with Crippen molar-refractivity contribution in [1.29, 1.82) is 0 Å². The zero-order valence-corrected chi connectivity index (χ0v) is 12.5. The van der Waals surface area contributed by atoms with Crippen molar-refractivity contribution in [3.05, 3.63) is 23.1 Å². The van der Waals surface area contributed by atoms with E-state index >= 15 is 0 Å². The molecule has 0 atom stereocenters. The number of esters is 1. The van der Waals surface area contributed by atoms with Crippen LogP contribution in [0.3, 0.4) is 0 Å². The van der Waals surface area contributed by atoms with Gasteiger partial charge in [0, 0.05) is 13.0 Å². The molecule has 0 spiro atoms. The van der Waals surface area contributed by atoms with E-state index in [1.807, 2.05) is 18.4 Å². The van der Waals surface area contributed by atoms with Crippen molar-refractivity contribution >= 4 is 23.1 Å². The van der Waals surface area contributed by atoms with E-state index in [1.165, 1.54) is 25.4 Å². The van der Waals surface area contributed by atoms with E-state index in [0.29, 0.717) is 9.88 Å². The summed E-state index contributed by atoms with van der Waals surface area (Å²) in [4.78, 5) is 32.0. The van der Waals surface area contributed by atoms with Crippen molar-refractivity contribution in [2.75, 3.05) is 7.11 Å². The Kier molecular flexibility index (Phi) is 3.99. The average Bonchev–Trinajstić information content (AvgIpc) is 3.03. The molecule has 106 valence electrons. The molecule has 2 heterocycles. The third-order valence-electron chi connectivity index (χ3n) is 2.77. The van der Waals surface area contributed by atoms with Gasteiger partial charge in [0.05, 0.1) is 25.3 Å². The minimum Gasteiger partial charge on any atom is -0.464 e. The third kappa shape index (κ3) is 2.49. The predicted molar refractivity (Wildman–Crippen MR) is 75.1 cm³/mol. The molecule has 0 fully saturated rings. The summed E-state index contributed by atoms with van der Waals surface area (Å²) < 4.78 is 6.60. The highest BCUT2D eigenvalue weighted by atomic mass is 32.1. The average molecular weight is 293 g/mol. The monoisotopic (exact) mass is 293 g/mol. The number of ketones is 1. The van der Waals surface area contributed by atoms with E-state index in [2.05, 4.69) is 14.7 Å². The zero-order chi connectivity index (χ0) is 14.9. The second-order valence-electron chi connectivity index (χ2n) is 4.52. The number of thiazole rings is 1. The smallest absolute Gasteiger partial charge is 0.358 e. The number of hydrogen-bond donors (Lipinski definition) is 0. The number of nitrogens with zero attached hydrogens (tertiary/aromatic N) is 3. The fourth-order valence-corrected chi connectivity index (χ4v) is 2.75. The molecular weight excluding hydrogens is 278 g/mol.